The molecule has 1 aromatic rings. The van der Waals surface area contributed by atoms with E-state index in [1.165, 1.54) is 31.4 Å². The quantitative estimate of drug-likeness (QED) is 0.793. The highest BCUT2D eigenvalue weighted by atomic mass is 14.9. The van der Waals surface area contributed by atoms with Gasteiger partial charge in [0.2, 0.25) is 0 Å². The molecule has 0 radical (unpaired) electrons. The van der Waals surface area contributed by atoms with Gasteiger partial charge in [0.1, 0.15) is 0 Å². The summed E-state index contributed by atoms with van der Waals surface area (Å²) in [6.07, 6.45) is 7.65. The molecule has 1 saturated carbocycles. The maximum absolute atomic E-state index is 4.21. The van der Waals surface area contributed by atoms with E-state index in [0.29, 0.717) is 6.04 Å². The van der Waals surface area contributed by atoms with Gasteiger partial charge in [0.15, 0.2) is 0 Å². The maximum Gasteiger partial charge on any atom is 0.0335 e. The zero-order chi connectivity index (χ0) is 11.4. The Balaban J connectivity index is 1.89. The molecular formula is C14H22N2. The molecule has 0 aromatic carbocycles. The van der Waals surface area contributed by atoms with Gasteiger partial charge in [-0.1, -0.05) is 26.3 Å². The van der Waals surface area contributed by atoms with Crippen molar-refractivity contribution in [3.05, 3.63) is 30.1 Å². The molecule has 2 rings (SSSR count). The van der Waals surface area contributed by atoms with Crippen molar-refractivity contribution in [3.8, 4) is 0 Å². The molecule has 1 heterocycles. The average molecular weight is 218 g/mol. The number of hydrogen-bond acceptors (Lipinski definition) is 2. The summed E-state index contributed by atoms with van der Waals surface area (Å²) in [4.78, 5) is 4.21. The molecule has 1 aromatic heterocycles. The van der Waals surface area contributed by atoms with Crippen LogP contribution in [0.1, 0.15) is 44.7 Å². The van der Waals surface area contributed by atoms with Crippen molar-refractivity contribution in [1.82, 2.24) is 10.3 Å². The molecule has 3 atom stereocenters. The Morgan fingerprint density at radius 1 is 1.56 bits per heavy atom. The lowest BCUT2D eigenvalue weighted by Gasteiger charge is -2.18. The third-order valence-corrected chi connectivity index (χ3v) is 3.57. The summed E-state index contributed by atoms with van der Waals surface area (Å²) in [5.74, 6) is 1.85. The largest absolute Gasteiger partial charge is 0.310 e. The Morgan fingerprint density at radius 3 is 2.94 bits per heavy atom. The number of hydrogen-bond donors (Lipinski definition) is 1. The van der Waals surface area contributed by atoms with Crippen LogP contribution in [0.15, 0.2) is 24.5 Å². The number of nitrogens with zero attached hydrogens (tertiary/aromatic N) is 1. The Kier molecular flexibility index (Phi) is 3.94. The van der Waals surface area contributed by atoms with Crippen LogP contribution in [0.3, 0.4) is 0 Å². The molecule has 0 amide bonds. The molecule has 1 N–H and O–H groups in total. The van der Waals surface area contributed by atoms with Crippen LogP contribution in [0, 0.1) is 11.8 Å². The van der Waals surface area contributed by atoms with Gasteiger partial charge in [-0.2, -0.15) is 0 Å². The molecule has 1 fully saturated rings. The van der Waals surface area contributed by atoms with Gasteiger partial charge in [-0.05, 0) is 42.9 Å². The summed E-state index contributed by atoms with van der Waals surface area (Å²) in [6, 6.07) is 4.70. The Bertz CT molecular complexity index is 310. The first-order chi connectivity index (χ1) is 7.81. The second-order valence-electron chi connectivity index (χ2n) is 5.01. The topological polar surface area (TPSA) is 24.9 Å². The van der Waals surface area contributed by atoms with Crippen molar-refractivity contribution in [3.63, 3.8) is 0 Å². The van der Waals surface area contributed by atoms with E-state index in [2.05, 4.69) is 30.2 Å². The highest BCUT2D eigenvalue weighted by Crippen LogP contribution is 2.37. The van der Waals surface area contributed by atoms with Gasteiger partial charge in [0.25, 0.3) is 0 Å². The van der Waals surface area contributed by atoms with Gasteiger partial charge < -0.3 is 5.32 Å². The minimum Gasteiger partial charge on any atom is -0.310 e. The monoisotopic (exact) mass is 218 g/mol. The normalized spacial score (nSPS) is 25.4. The van der Waals surface area contributed by atoms with Crippen LogP contribution in [-0.4, -0.2) is 11.5 Å². The molecule has 0 spiro atoms. The second-order valence-corrected chi connectivity index (χ2v) is 5.01. The third-order valence-electron chi connectivity index (χ3n) is 3.57. The van der Waals surface area contributed by atoms with Gasteiger partial charge in [-0.25, -0.2) is 0 Å². The van der Waals surface area contributed by atoms with Crippen LogP contribution in [0.5, 0.6) is 0 Å². The predicted molar refractivity (Wildman–Crippen MR) is 67.2 cm³/mol. The molecule has 2 heteroatoms. The first kappa shape index (κ1) is 11.6. The highest BCUT2D eigenvalue weighted by molar-refractivity contribution is 5.13. The first-order valence-corrected chi connectivity index (χ1v) is 6.44. The summed E-state index contributed by atoms with van der Waals surface area (Å²) in [5, 5.41) is 3.69. The molecule has 2 nitrogen and oxygen atoms in total. The minimum absolute atomic E-state index is 0.492. The molecule has 3 unspecified atom stereocenters. The van der Waals surface area contributed by atoms with Crippen LogP contribution in [0.4, 0.5) is 0 Å². The molecule has 0 aliphatic heterocycles. The number of pyridine rings is 1. The standard InChI is InChI=1S/C14H22N2/c1-3-5-14(12-6-4-7-15-9-12)16-10-13-8-11(13)2/h4,6-7,9,11,13-14,16H,3,5,8,10H2,1-2H3. The van der Waals surface area contributed by atoms with E-state index in [0.717, 1.165) is 11.8 Å². The zero-order valence-corrected chi connectivity index (χ0v) is 10.3. The van der Waals surface area contributed by atoms with Crippen molar-refractivity contribution < 1.29 is 0 Å². The van der Waals surface area contributed by atoms with Gasteiger partial charge in [0.05, 0.1) is 0 Å². The van der Waals surface area contributed by atoms with Crippen LogP contribution in [0.25, 0.3) is 0 Å². The van der Waals surface area contributed by atoms with Crippen molar-refractivity contribution >= 4 is 0 Å². The fourth-order valence-corrected chi connectivity index (χ4v) is 2.23. The second kappa shape index (κ2) is 5.44. The number of aromatic nitrogens is 1. The van der Waals surface area contributed by atoms with E-state index in [1.807, 2.05) is 18.5 Å². The van der Waals surface area contributed by atoms with Gasteiger partial charge in [-0.3, -0.25) is 4.98 Å². The molecule has 0 saturated heterocycles. The van der Waals surface area contributed by atoms with Crippen molar-refractivity contribution in [2.75, 3.05) is 6.54 Å². The Labute approximate surface area is 98.5 Å². The Hall–Kier alpha value is -0.890. The zero-order valence-electron chi connectivity index (χ0n) is 10.3. The van der Waals surface area contributed by atoms with Crippen molar-refractivity contribution in [1.29, 1.82) is 0 Å². The van der Waals surface area contributed by atoms with E-state index in [9.17, 15) is 0 Å². The molecule has 1 aliphatic carbocycles. The number of nitrogens with one attached hydrogen (secondary N) is 1. The average Bonchev–Trinajstić information content (AvgIpc) is 3.02. The summed E-state index contributed by atoms with van der Waals surface area (Å²) in [6.45, 7) is 5.75. The molecule has 0 bridgehead atoms. The fourth-order valence-electron chi connectivity index (χ4n) is 2.23. The lowest BCUT2D eigenvalue weighted by atomic mass is 10.0. The summed E-state index contributed by atoms with van der Waals surface area (Å²) in [5.41, 5.74) is 1.33. The summed E-state index contributed by atoms with van der Waals surface area (Å²) < 4.78 is 0. The highest BCUT2D eigenvalue weighted by Gasteiger charge is 2.32. The first-order valence-electron chi connectivity index (χ1n) is 6.44. The summed E-state index contributed by atoms with van der Waals surface area (Å²) in [7, 11) is 0. The molecular weight excluding hydrogens is 196 g/mol. The number of rotatable bonds is 6. The SMILES string of the molecule is CCCC(NCC1CC1C)c1cccnc1. The van der Waals surface area contributed by atoms with Crippen LogP contribution in [-0.2, 0) is 0 Å². The van der Waals surface area contributed by atoms with E-state index < -0.39 is 0 Å². The molecule has 1 aliphatic rings. The van der Waals surface area contributed by atoms with Gasteiger partial charge >= 0.3 is 0 Å². The Morgan fingerprint density at radius 2 is 2.38 bits per heavy atom. The van der Waals surface area contributed by atoms with Gasteiger partial charge in [-0.15, -0.1) is 0 Å². The third kappa shape index (κ3) is 3.05. The van der Waals surface area contributed by atoms with E-state index in [-0.39, 0.29) is 0 Å². The molecule has 16 heavy (non-hydrogen) atoms. The van der Waals surface area contributed by atoms with Crippen LogP contribution < -0.4 is 5.32 Å². The maximum atomic E-state index is 4.21. The van der Waals surface area contributed by atoms with Gasteiger partial charge in [0, 0.05) is 18.4 Å². The van der Waals surface area contributed by atoms with Crippen LogP contribution in [0.2, 0.25) is 0 Å². The van der Waals surface area contributed by atoms with Crippen LogP contribution >= 0.6 is 0 Å². The smallest absolute Gasteiger partial charge is 0.0335 e. The minimum atomic E-state index is 0.492. The van der Waals surface area contributed by atoms with E-state index >= 15 is 0 Å². The predicted octanol–water partition coefficient (Wildman–Crippen LogP) is 3.17. The molecule has 88 valence electrons. The van der Waals surface area contributed by atoms with E-state index in [4.69, 9.17) is 0 Å². The van der Waals surface area contributed by atoms with E-state index in [1.54, 1.807) is 0 Å². The fraction of sp³-hybridized carbons (Fsp3) is 0.643. The van der Waals surface area contributed by atoms with Crippen molar-refractivity contribution in [2.45, 2.75) is 39.2 Å². The lowest BCUT2D eigenvalue weighted by Crippen LogP contribution is -2.24. The lowest BCUT2D eigenvalue weighted by molar-refractivity contribution is 0.472. The van der Waals surface area contributed by atoms with Crippen molar-refractivity contribution in [2.24, 2.45) is 11.8 Å². The summed E-state index contributed by atoms with van der Waals surface area (Å²) >= 11 is 0.